The van der Waals surface area contributed by atoms with Crippen LogP contribution in [-0.4, -0.2) is 24.3 Å². The Bertz CT molecular complexity index is 481. The molecule has 1 fully saturated rings. The fourth-order valence-corrected chi connectivity index (χ4v) is 2.71. The summed E-state index contributed by atoms with van der Waals surface area (Å²) >= 11 is 0. The van der Waals surface area contributed by atoms with Crippen LogP contribution >= 0.6 is 0 Å². The lowest BCUT2D eigenvalue weighted by Crippen LogP contribution is -2.39. The van der Waals surface area contributed by atoms with E-state index in [1.54, 1.807) is 7.05 Å². The third-order valence-corrected chi connectivity index (χ3v) is 3.75. The number of rotatable bonds is 3. The van der Waals surface area contributed by atoms with Gasteiger partial charge in [0.15, 0.2) is 0 Å². The lowest BCUT2D eigenvalue weighted by Gasteiger charge is -2.30. The van der Waals surface area contributed by atoms with Crippen LogP contribution in [0.15, 0.2) is 18.2 Å². The monoisotopic (exact) mass is 291 g/mol. The maximum atomic E-state index is 13.8. The number of hydrogen-bond donors (Lipinski definition) is 1. The summed E-state index contributed by atoms with van der Waals surface area (Å²) in [4.78, 5) is 1.47. The molecule has 0 bridgehead atoms. The first kappa shape index (κ1) is 15.1. The van der Waals surface area contributed by atoms with Gasteiger partial charge < -0.3 is 10.0 Å². The van der Waals surface area contributed by atoms with E-state index in [1.807, 2.05) is 0 Å². The zero-order chi connectivity index (χ0) is 15.0. The third kappa shape index (κ3) is 3.23. The standard InChI is InChI=1S/C14H17F4NO/c1-19(9-13(20)6-2-3-7-13)12-5-4-10(8-11(12)15)14(16,17)18/h4-5,8,20H,2-3,6-7,9H2,1H3. The van der Waals surface area contributed by atoms with Crippen molar-refractivity contribution in [2.45, 2.75) is 37.5 Å². The van der Waals surface area contributed by atoms with Crippen molar-refractivity contribution < 1.29 is 22.7 Å². The van der Waals surface area contributed by atoms with E-state index in [0.717, 1.165) is 25.0 Å². The Morgan fingerprint density at radius 2 is 1.85 bits per heavy atom. The molecule has 1 aromatic rings. The summed E-state index contributed by atoms with van der Waals surface area (Å²) < 4.78 is 51.2. The lowest BCUT2D eigenvalue weighted by atomic mass is 10.0. The normalized spacial score (nSPS) is 18.3. The van der Waals surface area contributed by atoms with Gasteiger partial charge in [0.05, 0.1) is 16.9 Å². The molecule has 0 spiro atoms. The maximum Gasteiger partial charge on any atom is 0.416 e. The Kier molecular flexibility index (Phi) is 3.95. The van der Waals surface area contributed by atoms with Crippen molar-refractivity contribution in [2.75, 3.05) is 18.5 Å². The number of likely N-dealkylation sites (N-methyl/N-ethyl adjacent to an activating group) is 1. The Morgan fingerprint density at radius 1 is 1.25 bits per heavy atom. The molecule has 112 valence electrons. The molecule has 0 heterocycles. The molecule has 0 unspecified atom stereocenters. The summed E-state index contributed by atoms with van der Waals surface area (Å²) in [6, 6.07) is 2.45. The molecule has 0 radical (unpaired) electrons. The molecule has 1 aliphatic rings. The van der Waals surface area contributed by atoms with E-state index in [9.17, 15) is 22.7 Å². The summed E-state index contributed by atoms with van der Waals surface area (Å²) in [7, 11) is 1.57. The van der Waals surface area contributed by atoms with Crippen LogP contribution in [0.1, 0.15) is 31.2 Å². The quantitative estimate of drug-likeness (QED) is 0.860. The molecule has 2 nitrogen and oxygen atoms in total. The van der Waals surface area contributed by atoms with Crippen molar-refractivity contribution in [3.63, 3.8) is 0 Å². The van der Waals surface area contributed by atoms with Crippen LogP contribution < -0.4 is 4.90 Å². The van der Waals surface area contributed by atoms with E-state index in [2.05, 4.69) is 0 Å². The molecule has 20 heavy (non-hydrogen) atoms. The van der Waals surface area contributed by atoms with E-state index < -0.39 is 23.2 Å². The van der Waals surface area contributed by atoms with Crippen molar-refractivity contribution in [3.8, 4) is 0 Å². The second-order valence-electron chi connectivity index (χ2n) is 5.45. The molecular formula is C14H17F4NO. The largest absolute Gasteiger partial charge is 0.416 e. The maximum absolute atomic E-state index is 13.8. The van der Waals surface area contributed by atoms with Gasteiger partial charge in [-0.3, -0.25) is 0 Å². The van der Waals surface area contributed by atoms with E-state index in [-0.39, 0.29) is 12.2 Å². The highest BCUT2D eigenvalue weighted by Gasteiger charge is 2.34. The second kappa shape index (κ2) is 5.24. The van der Waals surface area contributed by atoms with Crippen molar-refractivity contribution in [2.24, 2.45) is 0 Å². The van der Waals surface area contributed by atoms with Gasteiger partial charge in [0, 0.05) is 13.6 Å². The topological polar surface area (TPSA) is 23.5 Å². The minimum absolute atomic E-state index is 0.0679. The fraction of sp³-hybridized carbons (Fsp3) is 0.571. The van der Waals surface area contributed by atoms with Crippen molar-refractivity contribution >= 4 is 5.69 Å². The van der Waals surface area contributed by atoms with Crippen LogP contribution in [0, 0.1) is 5.82 Å². The molecule has 0 aliphatic heterocycles. The van der Waals surface area contributed by atoms with Crippen molar-refractivity contribution in [1.82, 2.24) is 0 Å². The predicted octanol–water partition coefficient (Wildman–Crippen LogP) is 3.59. The average Bonchev–Trinajstić information content (AvgIpc) is 2.74. The third-order valence-electron chi connectivity index (χ3n) is 3.75. The number of halogens is 4. The number of alkyl halides is 3. The summed E-state index contributed by atoms with van der Waals surface area (Å²) in [6.07, 6.45) is -1.44. The van der Waals surface area contributed by atoms with Gasteiger partial charge >= 0.3 is 6.18 Å². The van der Waals surface area contributed by atoms with Gasteiger partial charge in [-0.05, 0) is 31.0 Å². The number of hydrogen-bond acceptors (Lipinski definition) is 2. The van der Waals surface area contributed by atoms with E-state index in [0.29, 0.717) is 18.9 Å². The zero-order valence-electron chi connectivity index (χ0n) is 11.2. The molecule has 0 atom stereocenters. The summed E-state index contributed by atoms with van der Waals surface area (Å²) in [6.45, 7) is 0.218. The van der Waals surface area contributed by atoms with Crippen LogP contribution in [0.2, 0.25) is 0 Å². The SMILES string of the molecule is CN(CC1(O)CCCC1)c1ccc(C(F)(F)F)cc1F. The minimum atomic E-state index is -4.55. The van der Waals surface area contributed by atoms with E-state index >= 15 is 0 Å². The number of anilines is 1. The molecule has 1 saturated carbocycles. The Hall–Kier alpha value is -1.30. The first-order valence-electron chi connectivity index (χ1n) is 6.52. The van der Waals surface area contributed by atoms with Crippen molar-refractivity contribution in [3.05, 3.63) is 29.6 Å². The molecule has 1 aliphatic carbocycles. The van der Waals surface area contributed by atoms with Crippen LogP contribution in [0.4, 0.5) is 23.2 Å². The van der Waals surface area contributed by atoms with Gasteiger partial charge in [-0.2, -0.15) is 13.2 Å². The van der Waals surface area contributed by atoms with E-state index in [1.165, 1.54) is 4.90 Å². The molecule has 2 rings (SSSR count). The van der Waals surface area contributed by atoms with Crippen molar-refractivity contribution in [1.29, 1.82) is 0 Å². The van der Waals surface area contributed by atoms with Gasteiger partial charge in [0.2, 0.25) is 0 Å². The predicted molar refractivity (Wildman–Crippen MR) is 68.1 cm³/mol. The van der Waals surface area contributed by atoms with Crippen LogP contribution in [0.5, 0.6) is 0 Å². The molecule has 1 aromatic carbocycles. The molecule has 0 aromatic heterocycles. The fourth-order valence-electron chi connectivity index (χ4n) is 2.71. The molecule has 0 saturated heterocycles. The summed E-state index contributed by atoms with van der Waals surface area (Å²) in [5.74, 6) is -0.927. The highest BCUT2D eigenvalue weighted by atomic mass is 19.4. The Balaban J connectivity index is 2.16. The van der Waals surface area contributed by atoms with Gasteiger partial charge in [-0.1, -0.05) is 12.8 Å². The first-order valence-corrected chi connectivity index (χ1v) is 6.52. The molecule has 1 N–H and O–H groups in total. The zero-order valence-corrected chi connectivity index (χ0v) is 11.2. The van der Waals surface area contributed by atoms with Crippen LogP contribution in [0.25, 0.3) is 0 Å². The second-order valence-corrected chi connectivity index (χ2v) is 5.45. The van der Waals surface area contributed by atoms with Gasteiger partial charge in [-0.25, -0.2) is 4.39 Å². The minimum Gasteiger partial charge on any atom is -0.388 e. The van der Waals surface area contributed by atoms with E-state index in [4.69, 9.17) is 0 Å². The molecule has 6 heteroatoms. The van der Waals surface area contributed by atoms with Crippen LogP contribution in [0.3, 0.4) is 0 Å². The molecular weight excluding hydrogens is 274 g/mol. The Labute approximate surface area is 115 Å². The number of aliphatic hydroxyl groups is 1. The van der Waals surface area contributed by atoms with Gasteiger partial charge in [0.25, 0.3) is 0 Å². The van der Waals surface area contributed by atoms with Gasteiger partial charge in [-0.15, -0.1) is 0 Å². The lowest BCUT2D eigenvalue weighted by molar-refractivity contribution is -0.137. The molecule has 0 amide bonds. The number of benzene rings is 1. The number of nitrogens with zero attached hydrogens (tertiary/aromatic N) is 1. The highest BCUT2D eigenvalue weighted by Crippen LogP contribution is 2.34. The summed E-state index contributed by atoms with van der Waals surface area (Å²) in [5.41, 5.74) is -1.81. The Morgan fingerprint density at radius 3 is 2.35 bits per heavy atom. The van der Waals surface area contributed by atoms with Gasteiger partial charge in [0.1, 0.15) is 5.82 Å². The summed E-state index contributed by atoms with van der Waals surface area (Å²) in [5, 5.41) is 10.3. The first-order chi connectivity index (χ1) is 9.21. The van der Waals surface area contributed by atoms with Crippen LogP contribution in [-0.2, 0) is 6.18 Å². The highest BCUT2D eigenvalue weighted by molar-refractivity contribution is 5.49. The smallest absolute Gasteiger partial charge is 0.388 e. The average molecular weight is 291 g/mol.